The zero-order valence-electron chi connectivity index (χ0n) is 20.5. The summed E-state index contributed by atoms with van der Waals surface area (Å²) < 4.78 is 36.0. The SMILES string of the molecule is CSCC[C@H](NC(=O)OC(C)(C)C)C(=O)S(=O)(=O)C(=O)[C@H](CCSC)NC(=O)OC(C)(C)C. The van der Waals surface area contributed by atoms with E-state index in [0.717, 1.165) is 0 Å². The third-order valence-electron chi connectivity index (χ3n) is 3.70. The first kappa shape index (κ1) is 31.5. The smallest absolute Gasteiger partial charge is 0.408 e. The van der Waals surface area contributed by atoms with E-state index < -0.39 is 55.5 Å². The van der Waals surface area contributed by atoms with Gasteiger partial charge in [0.15, 0.2) is 0 Å². The molecule has 0 unspecified atom stereocenters. The number of alkyl carbamates (subject to hydrolysis) is 2. The Morgan fingerprint density at radius 3 is 1.27 bits per heavy atom. The highest BCUT2D eigenvalue weighted by molar-refractivity contribution is 8.19. The fourth-order valence-electron chi connectivity index (χ4n) is 2.34. The Balaban J connectivity index is 5.75. The summed E-state index contributed by atoms with van der Waals surface area (Å²) in [5, 5.41) is 1.60. The average Bonchev–Trinajstić information content (AvgIpc) is 2.64. The molecule has 0 heterocycles. The van der Waals surface area contributed by atoms with Gasteiger partial charge in [-0.2, -0.15) is 23.5 Å². The van der Waals surface area contributed by atoms with E-state index in [-0.39, 0.29) is 12.8 Å². The molecule has 0 aromatic carbocycles. The molecule has 10 nitrogen and oxygen atoms in total. The number of rotatable bonds is 10. The van der Waals surface area contributed by atoms with Crippen molar-refractivity contribution in [1.82, 2.24) is 10.6 Å². The van der Waals surface area contributed by atoms with Crippen molar-refractivity contribution in [2.75, 3.05) is 24.0 Å². The number of nitrogens with one attached hydrogen (secondary N) is 2. The molecule has 0 aliphatic carbocycles. The number of carbonyl (C=O) groups is 4. The molecule has 192 valence electrons. The lowest BCUT2D eigenvalue weighted by Gasteiger charge is -2.24. The minimum Gasteiger partial charge on any atom is -0.444 e. The van der Waals surface area contributed by atoms with Crippen LogP contribution in [0.2, 0.25) is 0 Å². The van der Waals surface area contributed by atoms with Crippen molar-refractivity contribution in [3.63, 3.8) is 0 Å². The Bertz CT molecular complexity index is 741. The number of amides is 2. The highest BCUT2D eigenvalue weighted by Gasteiger charge is 2.42. The van der Waals surface area contributed by atoms with Crippen LogP contribution in [0.25, 0.3) is 0 Å². The van der Waals surface area contributed by atoms with Gasteiger partial charge < -0.3 is 20.1 Å². The molecule has 13 heteroatoms. The molecule has 0 bridgehead atoms. The Morgan fingerprint density at radius 1 is 0.727 bits per heavy atom. The summed E-state index contributed by atoms with van der Waals surface area (Å²) in [7, 11) is -5.01. The largest absolute Gasteiger partial charge is 0.444 e. The molecular weight excluding hydrogens is 492 g/mol. The van der Waals surface area contributed by atoms with Crippen LogP contribution >= 0.6 is 23.5 Å². The van der Waals surface area contributed by atoms with Crippen LogP contribution in [0.15, 0.2) is 0 Å². The number of thioether (sulfide) groups is 2. The average molecular weight is 529 g/mol. The van der Waals surface area contributed by atoms with Crippen molar-refractivity contribution in [1.29, 1.82) is 0 Å². The highest BCUT2D eigenvalue weighted by Crippen LogP contribution is 2.14. The molecule has 0 radical (unpaired) electrons. The number of ether oxygens (including phenoxy) is 2. The van der Waals surface area contributed by atoms with E-state index in [0.29, 0.717) is 11.5 Å². The predicted octanol–water partition coefficient (Wildman–Crippen LogP) is 2.75. The van der Waals surface area contributed by atoms with Gasteiger partial charge >= 0.3 is 12.2 Å². The molecule has 0 fully saturated rings. The first-order chi connectivity index (χ1) is 14.9. The molecule has 0 aromatic heterocycles. The van der Waals surface area contributed by atoms with Gasteiger partial charge in [-0.3, -0.25) is 9.59 Å². The highest BCUT2D eigenvalue weighted by atomic mass is 32.2. The Kier molecular flexibility index (Phi) is 12.8. The molecule has 2 atom stereocenters. The summed E-state index contributed by atoms with van der Waals surface area (Å²) in [4.78, 5) is 50.0. The summed E-state index contributed by atoms with van der Waals surface area (Å²) in [6.07, 6.45) is 1.49. The van der Waals surface area contributed by atoms with Crippen molar-refractivity contribution in [3.05, 3.63) is 0 Å². The Labute approximate surface area is 205 Å². The van der Waals surface area contributed by atoms with Crippen molar-refractivity contribution in [2.24, 2.45) is 0 Å². The lowest BCUT2D eigenvalue weighted by molar-refractivity contribution is -0.116. The second-order valence-electron chi connectivity index (χ2n) is 9.10. The van der Waals surface area contributed by atoms with Gasteiger partial charge in [-0.25, -0.2) is 18.0 Å². The fourth-order valence-corrected chi connectivity index (χ4v) is 4.59. The fraction of sp³-hybridized carbons (Fsp3) is 0.800. The third-order valence-corrected chi connectivity index (χ3v) is 6.62. The zero-order chi connectivity index (χ0) is 26.0. The summed E-state index contributed by atoms with van der Waals surface area (Å²) in [6.45, 7) is 9.69. The van der Waals surface area contributed by atoms with E-state index in [1.165, 1.54) is 23.5 Å². The van der Waals surface area contributed by atoms with E-state index in [9.17, 15) is 27.6 Å². The van der Waals surface area contributed by atoms with Gasteiger partial charge in [-0.15, -0.1) is 0 Å². The molecule has 0 saturated heterocycles. The minimum atomic E-state index is -5.01. The van der Waals surface area contributed by atoms with Crippen LogP contribution in [-0.2, 0) is 28.9 Å². The molecule has 2 amide bonds. The zero-order valence-corrected chi connectivity index (χ0v) is 22.9. The molecule has 33 heavy (non-hydrogen) atoms. The van der Waals surface area contributed by atoms with Crippen LogP contribution in [0.3, 0.4) is 0 Å². The number of sulfone groups is 1. The summed E-state index contributed by atoms with van der Waals surface area (Å²) in [5.41, 5.74) is -1.74. The van der Waals surface area contributed by atoms with E-state index in [4.69, 9.17) is 9.47 Å². The first-order valence-electron chi connectivity index (χ1n) is 10.2. The van der Waals surface area contributed by atoms with Crippen LogP contribution in [0.4, 0.5) is 9.59 Å². The first-order valence-corrected chi connectivity index (χ1v) is 14.5. The molecule has 0 aliphatic heterocycles. The number of hydrogen-bond donors (Lipinski definition) is 2. The maximum absolute atomic E-state index is 12.9. The molecule has 0 saturated carbocycles. The van der Waals surface area contributed by atoms with Crippen molar-refractivity contribution in [3.8, 4) is 0 Å². The minimum absolute atomic E-state index is 0.0271. The lowest BCUT2D eigenvalue weighted by atomic mass is 10.2. The van der Waals surface area contributed by atoms with Crippen molar-refractivity contribution < 1.29 is 37.1 Å². The second-order valence-corrected chi connectivity index (χ2v) is 12.9. The second kappa shape index (κ2) is 13.4. The Hall–Kier alpha value is -1.47. The summed E-state index contributed by atoms with van der Waals surface area (Å²) in [5.74, 6) is 0.698. The Morgan fingerprint density at radius 2 is 1.03 bits per heavy atom. The van der Waals surface area contributed by atoms with Gasteiger partial charge in [0, 0.05) is 0 Å². The van der Waals surface area contributed by atoms with Crippen LogP contribution in [-0.4, -0.2) is 78.1 Å². The van der Waals surface area contributed by atoms with Crippen molar-refractivity contribution in [2.45, 2.75) is 77.7 Å². The van der Waals surface area contributed by atoms with Crippen LogP contribution < -0.4 is 10.6 Å². The number of hydrogen-bond acceptors (Lipinski definition) is 10. The molecule has 0 aromatic rings. The normalized spacial score (nSPS) is 14.1. The van der Waals surface area contributed by atoms with Crippen LogP contribution in [0, 0.1) is 0 Å². The quantitative estimate of drug-likeness (QED) is 0.434. The topological polar surface area (TPSA) is 145 Å². The van der Waals surface area contributed by atoms with Gasteiger partial charge in [0.25, 0.3) is 20.1 Å². The maximum atomic E-state index is 12.9. The monoisotopic (exact) mass is 528 g/mol. The molecular formula is C20H36N2O8S3. The van der Waals surface area contributed by atoms with E-state index in [1.807, 2.05) is 0 Å². The molecule has 0 rings (SSSR count). The van der Waals surface area contributed by atoms with E-state index in [2.05, 4.69) is 10.6 Å². The standard InChI is InChI=1S/C20H36N2O8S3/c1-19(2,3)29-17(25)21-13(9-11-31-7)15(23)33(27,28)16(24)14(10-12-32-8)22-18(26)30-20(4,5)6/h13-14H,9-12H2,1-8H3,(H,21,25)(H,22,26)/t13-,14-/m0/s1. The van der Waals surface area contributed by atoms with E-state index >= 15 is 0 Å². The van der Waals surface area contributed by atoms with Gasteiger partial charge in [0.1, 0.15) is 23.3 Å². The van der Waals surface area contributed by atoms with Gasteiger partial charge in [-0.05, 0) is 78.4 Å². The van der Waals surface area contributed by atoms with Gasteiger partial charge in [0.2, 0.25) is 0 Å². The number of carbonyl (C=O) groups excluding carboxylic acids is 4. The maximum Gasteiger partial charge on any atom is 0.408 e. The summed E-state index contributed by atoms with van der Waals surface area (Å²) >= 11 is 2.67. The molecule has 2 N–H and O–H groups in total. The predicted molar refractivity (Wildman–Crippen MR) is 131 cm³/mol. The van der Waals surface area contributed by atoms with Gasteiger partial charge in [0.05, 0.1) is 0 Å². The van der Waals surface area contributed by atoms with E-state index in [1.54, 1.807) is 54.1 Å². The molecule has 0 spiro atoms. The van der Waals surface area contributed by atoms with Gasteiger partial charge in [-0.1, -0.05) is 0 Å². The lowest BCUT2D eigenvalue weighted by Crippen LogP contribution is -2.51. The third kappa shape index (κ3) is 12.5. The molecule has 0 aliphatic rings. The van der Waals surface area contributed by atoms with Crippen molar-refractivity contribution >= 4 is 55.8 Å². The van der Waals surface area contributed by atoms with Crippen LogP contribution in [0.1, 0.15) is 54.4 Å². The summed E-state index contributed by atoms with van der Waals surface area (Å²) in [6, 6.07) is -2.96. The van der Waals surface area contributed by atoms with Crippen LogP contribution in [0.5, 0.6) is 0 Å².